The predicted octanol–water partition coefficient (Wildman–Crippen LogP) is 0.935. The van der Waals surface area contributed by atoms with Crippen molar-refractivity contribution in [2.75, 3.05) is 31.9 Å². The number of aliphatic carboxylic acids is 1. The minimum Gasteiger partial charge on any atom is -0.480 e. The highest BCUT2D eigenvalue weighted by atomic mass is 32.2. The van der Waals surface area contributed by atoms with Crippen LogP contribution in [0, 0.1) is 5.92 Å². The molecule has 0 aromatic heterocycles. The van der Waals surface area contributed by atoms with Crippen LogP contribution in [0.3, 0.4) is 0 Å². The molecule has 2 aliphatic rings. The molecular weight excluding hydrogens is 460 g/mol. The van der Waals surface area contributed by atoms with Gasteiger partial charge in [0.2, 0.25) is 10.0 Å². The van der Waals surface area contributed by atoms with Crippen LogP contribution < -0.4 is 15.4 Å². The van der Waals surface area contributed by atoms with E-state index in [4.69, 9.17) is 0 Å². The molecule has 1 aromatic carbocycles. The minimum atomic E-state index is -3.77. The summed E-state index contributed by atoms with van der Waals surface area (Å²) in [5, 5.41) is 15.2. The first-order valence-electron chi connectivity index (χ1n) is 11.8. The largest absolute Gasteiger partial charge is 0.480 e. The molecule has 0 aliphatic carbocycles. The number of carbonyl (C=O) groups is 3. The molecule has 11 heteroatoms. The molecule has 10 nitrogen and oxygen atoms in total. The molecule has 34 heavy (non-hydrogen) atoms. The van der Waals surface area contributed by atoms with E-state index in [0.29, 0.717) is 37.4 Å². The summed E-state index contributed by atoms with van der Waals surface area (Å²) in [4.78, 5) is 38.8. The third kappa shape index (κ3) is 7.00. The van der Waals surface area contributed by atoms with Crippen molar-refractivity contribution in [2.45, 2.75) is 51.6 Å². The minimum absolute atomic E-state index is 0.106. The van der Waals surface area contributed by atoms with Gasteiger partial charge in [0.1, 0.15) is 6.04 Å². The van der Waals surface area contributed by atoms with Gasteiger partial charge in [-0.2, -0.15) is 4.72 Å². The van der Waals surface area contributed by atoms with Crippen LogP contribution in [-0.2, 0) is 21.4 Å². The second kappa shape index (κ2) is 11.8. The summed E-state index contributed by atoms with van der Waals surface area (Å²) in [5.41, 5.74) is 1.57. The number of rotatable bonds is 12. The van der Waals surface area contributed by atoms with Crippen molar-refractivity contribution in [1.82, 2.24) is 20.3 Å². The lowest BCUT2D eigenvalue weighted by molar-refractivity contribution is -0.138. The Morgan fingerprint density at radius 3 is 2.68 bits per heavy atom. The van der Waals surface area contributed by atoms with Gasteiger partial charge in [0.05, 0.1) is 5.75 Å². The van der Waals surface area contributed by atoms with E-state index in [1.54, 1.807) is 17.0 Å². The lowest BCUT2D eigenvalue weighted by Gasteiger charge is -2.25. The third-order valence-electron chi connectivity index (χ3n) is 6.37. The van der Waals surface area contributed by atoms with Gasteiger partial charge in [-0.25, -0.2) is 8.42 Å². The second-order valence-corrected chi connectivity index (χ2v) is 10.8. The van der Waals surface area contributed by atoms with E-state index < -0.39 is 34.5 Å². The summed E-state index contributed by atoms with van der Waals surface area (Å²) in [6, 6.07) is 3.39. The number of hydrogen-bond acceptors (Lipinski definition) is 6. The average Bonchev–Trinajstić information content (AvgIpc) is 3.14. The molecule has 4 N–H and O–H groups in total. The average molecular weight is 495 g/mol. The van der Waals surface area contributed by atoms with Crippen LogP contribution in [0.15, 0.2) is 18.2 Å². The topological polar surface area (TPSA) is 145 Å². The second-order valence-electron chi connectivity index (χ2n) is 8.97. The molecule has 1 fully saturated rings. The summed E-state index contributed by atoms with van der Waals surface area (Å²) in [7, 11) is -3.77. The van der Waals surface area contributed by atoms with Crippen LogP contribution in [0.1, 0.15) is 65.3 Å². The van der Waals surface area contributed by atoms with Crippen molar-refractivity contribution in [3.63, 3.8) is 0 Å². The molecule has 2 amide bonds. The molecule has 2 aliphatic heterocycles. The zero-order chi connectivity index (χ0) is 24.7. The molecule has 188 valence electrons. The van der Waals surface area contributed by atoms with Crippen molar-refractivity contribution < 1.29 is 27.9 Å². The van der Waals surface area contributed by atoms with E-state index in [1.165, 1.54) is 6.07 Å². The van der Waals surface area contributed by atoms with Gasteiger partial charge in [0.15, 0.2) is 0 Å². The van der Waals surface area contributed by atoms with Crippen LogP contribution in [0.25, 0.3) is 0 Å². The number of nitrogens with one attached hydrogen (secondary N) is 3. The van der Waals surface area contributed by atoms with E-state index in [2.05, 4.69) is 15.4 Å². The first-order valence-corrected chi connectivity index (χ1v) is 13.5. The number of sulfonamides is 1. The zero-order valence-corrected chi connectivity index (χ0v) is 20.3. The number of nitrogens with zero attached hydrogens (tertiary/aromatic N) is 1. The first kappa shape index (κ1) is 26.1. The highest BCUT2D eigenvalue weighted by Gasteiger charge is 2.29. The maximum absolute atomic E-state index is 12.9. The Labute approximate surface area is 200 Å². The standard InChI is InChI=1S/C23H34N4O6S/c1-2-3-12-34(32,33)26-20(23(30)31)14-25-21(28)17-4-5-18-15-27(22(29)19(18)13-17)11-8-16-6-9-24-10-7-16/h4-5,13,16,20,24,26H,2-3,6-12,14-15H2,1H3,(H,25,28)(H,30,31). The fourth-order valence-corrected chi connectivity index (χ4v) is 5.68. The summed E-state index contributed by atoms with van der Waals surface area (Å²) >= 11 is 0. The van der Waals surface area contributed by atoms with E-state index in [1.807, 2.05) is 6.92 Å². The molecular formula is C23H34N4O6S. The smallest absolute Gasteiger partial charge is 0.323 e. The number of carbonyl (C=O) groups excluding carboxylic acids is 2. The molecule has 1 aromatic rings. The number of benzene rings is 1. The van der Waals surface area contributed by atoms with Crippen LogP contribution in [0.5, 0.6) is 0 Å². The maximum atomic E-state index is 12.9. The Bertz CT molecular complexity index is 1010. The molecule has 2 heterocycles. The van der Waals surface area contributed by atoms with Crippen LogP contribution in [0.2, 0.25) is 0 Å². The number of fused-ring (bicyclic) bond motifs is 1. The van der Waals surface area contributed by atoms with Crippen molar-refractivity contribution in [3.8, 4) is 0 Å². The van der Waals surface area contributed by atoms with Crippen molar-refractivity contribution >= 4 is 27.8 Å². The molecule has 1 unspecified atom stereocenters. The van der Waals surface area contributed by atoms with Gasteiger partial charge in [0.25, 0.3) is 11.8 Å². The van der Waals surface area contributed by atoms with E-state index >= 15 is 0 Å². The third-order valence-corrected chi connectivity index (χ3v) is 7.84. The van der Waals surface area contributed by atoms with Gasteiger partial charge in [-0.1, -0.05) is 19.4 Å². The molecule has 3 rings (SSSR count). The molecule has 0 spiro atoms. The first-order chi connectivity index (χ1) is 16.2. The number of hydrogen-bond donors (Lipinski definition) is 4. The fraction of sp³-hybridized carbons (Fsp3) is 0.609. The van der Waals surface area contributed by atoms with Gasteiger partial charge in [-0.15, -0.1) is 0 Å². The molecule has 1 atom stereocenters. The molecule has 0 bridgehead atoms. The van der Waals surface area contributed by atoms with E-state index in [9.17, 15) is 27.9 Å². The van der Waals surface area contributed by atoms with Gasteiger partial charge < -0.3 is 20.6 Å². The lowest BCUT2D eigenvalue weighted by Crippen LogP contribution is -2.48. The Morgan fingerprint density at radius 1 is 1.26 bits per heavy atom. The highest BCUT2D eigenvalue weighted by Crippen LogP contribution is 2.26. The van der Waals surface area contributed by atoms with Gasteiger partial charge in [0, 0.05) is 30.8 Å². The summed E-state index contributed by atoms with van der Waals surface area (Å²) in [5.74, 6) is -1.62. The Morgan fingerprint density at radius 2 is 2.00 bits per heavy atom. The lowest BCUT2D eigenvalue weighted by atomic mass is 9.94. The van der Waals surface area contributed by atoms with E-state index in [0.717, 1.165) is 37.9 Å². The normalized spacial score (nSPS) is 17.4. The Kier molecular flexibility index (Phi) is 9.03. The zero-order valence-electron chi connectivity index (χ0n) is 19.5. The number of carboxylic acid groups (broad SMARTS) is 1. The van der Waals surface area contributed by atoms with Crippen molar-refractivity contribution in [2.24, 2.45) is 5.92 Å². The number of piperidine rings is 1. The Balaban J connectivity index is 1.57. The monoisotopic (exact) mass is 494 g/mol. The number of carboxylic acids is 1. The predicted molar refractivity (Wildman–Crippen MR) is 127 cm³/mol. The van der Waals surface area contributed by atoms with Gasteiger partial charge in [-0.3, -0.25) is 14.4 Å². The van der Waals surface area contributed by atoms with E-state index in [-0.39, 0.29) is 17.2 Å². The van der Waals surface area contributed by atoms with Crippen molar-refractivity contribution in [3.05, 3.63) is 34.9 Å². The molecule has 1 saturated heterocycles. The van der Waals surface area contributed by atoms with Crippen LogP contribution >= 0.6 is 0 Å². The van der Waals surface area contributed by atoms with Crippen molar-refractivity contribution in [1.29, 1.82) is 0 Å². The van der Waals surface area contributed by atoms with Gasteiger partial charge in [-0.05, 0) is 62.4 Å². The Hall–Kier alpha value is -2.50. The maximum Gasteiger partial charge on any atom is 0.323 e. The fourth-order valence-electron chi connectivity index (χ4n) is 4.28. The highest BCUT2D eigenvalue weighted by molar-refractivity contribution is 7.89. The SMILES string of the molecule is CCCCS(=O)(=O)NC(CNC(=O)c1ccc2c(c1)C(=O)N(CCC1CCNCC1)C2)C(=O)O. The van der Waals surface area contributed by atoms with Crippen LogP contribution in [0.4, 0.5) is 0 Å². The quantitative estimate of drug-likeness (QED) is 0.338. The summed E-state index contributed by atoms with van der Waals surface area (Å²) in [6.45, 7) is 4.65. The summed E-state index contributed by atoms with van der Waals surface area (Å²) < 4.78 is 26.2. The number of unbranched alkanes of at least 4 members (excludes halogenated alkanes) is 1. The summed E-state index contributed by atoms with van der Waals surface area (Å²) in [6.07, 6.45) is 4.25. The molecule has 0 radical (unpaired) electrons. The number of amides is 2. The molecule has 0 saturated carbocycles. The van der Waals surface area contributed by atoms with Gasteiger partial charge >= 0.3 is 5.97 Å². The van der Waals surface area contributed by atoms with Crippen LogP contribution in [-0.4, -0.2) is 74.2 Å².